The highest BCUT2D eigenvalue weighted by molar-refractivity contribution is 7.78. The van der Waals surface area contributed by atoms with Gasteiger partial charge in [-0.1, -0.05) is 49.2 Å². The zero-order valence-corrected chi connectivity index (χ0v) is 22.5. The first-order valence-corrected chi connectivity index (χ1v) is 12.9. The maximum atomic E-state index is 14.1. The van der Waals surface area contributed by atoms with E-state index in [2.05, 4.69) is 28.1 Å². The van der Waals surface area contributed by atoms with E-state index in [4.69, 9.17) is 9.72 Å². The summed E-state index contributed by atoms with van der Waals surface area (Å²) in [5.74, 6) is -0.400. The molecule has 0 saturated carbocycles. The molecule has 0 spiro atoms. The minimum atomic E-state index is -0.363. The van der Waals surface area contributed by atoms with Crippen LogP contribution < -0.4 is 5.32 Å². The van der Waals surface area contributed by atoms with Crippen LogP contribution in [0.2, 0.25) is 0 Å². The van der Waals surface area contributed by atoms with E-state index in [0.29, 0.717) is 37.6 Å². The van der Waals surface area contributed by atoms with Crippen LogP contribution in [0.1, 0.15) is 17.2 Å². The van der Waals surface area contributed by atoms with E-state index >= 15 is 0 Å². The predicted octanol–water partition coefficient (Wildman–Crippen LogP) is 4.88. The first-order chi connectivity index (χ1) is 18.4. The topological polar surface area (TPSA) is 75.5 Å². The number of aryl methyl sites for hydroxylation is 2. The van der Waals surface area contributed by atoms with Crippen molar-refractivity contribution in [2.24, 2.45) is 7.05 Å². The van der Waals surface area contributed by atoms with E-state index in [1.807, 2.05) is 50.5 Å². The maximum absolute atomic E-state index is 14.1. The van der Waals surface area contributed by atoms with Crippen LogP contribution in [-0.4, -0.2) is 69.4 Å². The molecule has 1 fully saturated rings. The number of nitrogens with one attached hydrogen (secondary N) is 1. The number of amides is 2. The Morgan fingerprint density at radius 3 is 2.71 bits per heavy atom. The van der Waals surface area contributed by atoms with Gasteiger partial charge < -0.3 is 10.1 Å². The average Bonchev–Trinajstić information content (AvgIpc) is 3.54. The molecule has 3 heterocycles. The lowest BCUT2D eigenvalue weighted by molar-refractivity contribution is 0.158. The van der Waals surface area contributed by atoms with E-state index < -0.39 is 0 Å². The molecule has 38 heavy (non-hydrogen) atoms. The molecular formula is C28H31FN6O2S. The van der Waals surface area contributed by atoms with Crippen LogP contribution in [0, 0.1) is 12.7 Å². The number of nitrogens with zero attached hydrogens (tertiary/aromatic N) is 5. The van der Waals surface area contributed by atoms with E-state index in [-0.39, 0.29) is 23.8 Å². The summed E-state index contributed by atoms with van der Waals surface area (Å²) in [5.41, 5.74) is 3.87. The van der Waals surface area contributed by atoms with Crippen LogP contribution >= 0.6 is 12.8 Å². The summed E-state index contributed by atoms with van der Waals surface area (Å²) in [5, 5.41) is 9.14. The van der Waals surface area contributed by atoms with Crippen LogP contribution in [0.4, 0.5) is 14.9 Å². The highest BCUT2D eigenvalue weighted by atomic mass is 32.1. The van der Waals surface area contributed by atoms with Gasteiger partial charge in [0.15, 0.2) is 0 Å². The molecule has 10 heteroatoms. The number of thiol groups is 1. The van der Waals surface area contributed by atoms with E-state index in [0.717, 1.165) is 27.6 Å². The molecule has 1 N–H and O–H groups in total. The SMILES string of the molecule is COCCN1C[C@@H](N(S)C(=O)Nc2c(C)nc(-c3cnn(C)c3)c3ccccc23)[C@H](c2cccc(F)c2)C1. The van der Waals surface area contributed by atoms with Gasteiger partial charge in [0.2, 0.25) is 0 Å². The van der Waals surface area contributed by atoms with Crippen molar-refractivity contribution in [1.82, 2.24) is 24.0 Å². The molecule has 1 aliphatic rings. The fraction of sp³-hybridized carbons (Fsp3) is 0.321. The highest BCUT2D eigenvalue weighted by Gasteiger charge is 2.39. The Balaban J connectivity index is 1.44. The van der Waals surface area contributed by atoms with Gasteiger partial charge in [-0.3, -0.25) is 18.9 Å². The van der Waals surface area contributed by atoms with Gasteiger partial charge in [-0.25, -0.2) is 9.18 Å². The predicted molar refractivity (Wildman–Crippen MR) is 150 cm³/mol. The van der Waals surface area contributed by atoms with Crippen molar-refractivity contribution in [3.8, 4) is 11.3 Å². The lowest BCUT2D eigenvalue weighted by Crippen LogP contribution is -2.40. The highest BCUT2D eigenvalue weighted by Crippen LogP contribution is 2.36. The van der Waals surface area contributed by atoms with E-state index in [9.17, 15) is 9.18 Å². The number of hydrogen-bond donors (Lipinski definition) is 2. The van der Waals surface area contributed by atoms with Crippen LogP contribution in [0.5, 0.6) is 0 Å². The molecule has 0 unspecified atom stereocenters. The Morgan fingerprint density at radius 1 is 1.21 bits per heavy atom. The number of rotatable bonds is 7. The lowest BCUT2D eigenvalue weighted by atomic mass is 9.94. The number of anilines is 1. The Hall–Kier alpha value is -3.47. The van der Waals surface area contributed by atoms with Crippen molar-refractivity contribution in [1.29, 1.82) is 0 Å². The molecule has 1 saturated heterocycles. The number of methoxy groups -OCH3 is 1. The Morgan fingerprint density at radius 2 is 2.00 bits per heavy atom. The second-order valence-corrected chi connectivity index (χ2v) is 10.1. The van der Waals surface area contributed by atoms with Crippen molar-refractivity contribution in [2.75, 3.05) is 38.7 Å². The van der Waals surface area contributed by atoms with Crippen LogP contribution in [-0.2, 0) is 11.8 Å². The number of benzene rings is 2. The van der Waals surface area contributed by atoms with Gasteiger partial charge in [0.05, 0.1) is 35.9 Å². The number of likely N-dealkylation sites (tertiary alicyclic amines) is 1. The van der Waals surface area contributed by atoms with Gasteiger partial charge in [-0.05, 0) is 24.6 Å². The summed E-state index contributed by atoms with van der Waals surface area (Å²) in [6, 6.07) is 13.8. The minimum absolute atomic E-state index is 0.102. The standard InChI is InChI=1S/C28H31FN6O2S/c1-18-26(22-9-4-5-10-23(22)27(31-18)20-14-30-33(2)15-20)32-28(36)35(38)25-17-34(11-12-37-3)16-24(25)19-7-6-8-21(29)13-19/h4-10,13-15,24-25,38H,11-12,16-17H2,1-3H3,(H,32,36)/t24-,25+/m0/s1. The van der Waals surface area contributed by atoms with Gasteiger partial charge in [0, 0.05) is 62.2 Å². The molecule has 0 radical (unpaired) electrons. The van der Waals surface area contributed by atoms with Crippen LogP contribution in [0.3, 0.4) is 0 Å². The minimum Gasteiger partial charge on any atom is -0.383 e. The monoisotopic (exact) mass is 534 g/mol. The molecule has 198 valence electrons. The third-order valence-corrected chi connectivity index (χ3v) is 7.56. The fourth-order valence-corrected chi connectivity index (χ4v) is 5.49. The number of carbonyl (C=O) groups is 1. The summed E-state index contributed by atoms with van der Waals surface area (Å²) in [4.78, 5) is 20.6. The molecule has 2 aromatic carbocycles. The van der Waals surface area contributed by atoms with Gasteiger partial charge in [-0.2, -0.15) is 5.10 Å². The van der Waals surface area contributed by atoms with Crippen molar-refractivity contribution >= 4 is 35.3 Å². The van der Waals surface area contributed by atoms with Gasteiger partial charge >= 0.3 is 6.03 Å². The summed E-state index contributed by atoms with van der Waals surface area (Å²) in [6.07, 6.45) is 3.70. The zero-order valence-electron chi connectivity index (χ0n) is 21.6. The van der Waals surface area contributed by atoms with Crippen molar-refractivity contribution in [3.63, 3.8) is 0 Å². The second-order valence-electron chi connectivity index (χ2n) is 9.63. The Labute approximate surface area is 226 Å². The van der Waals surface area contributed by atoms with Gasteiger partial charge in [-0.15, -0.1) is 0 Å². The van der Waals surface area contributed by atoms with Crippen LogP contribution in [0.25, 0.3) is 22.0 Å². The molecule has 2 aromatic heterocycles. The number of hydrogen-bond acceptors (Lipinski definition) is 6. The molecular weight excluding hydrogens is 503 g/mol. The smallest absolute Gasteiger partial charge is 0.332 e. The number of pyridine rings is 1. The van der Waals surface area contributed by atoms with Gasteiger partial charge in [0.1, 0.15) is 5.82 Å². The molecule has 1 aliphatic heterocycles. The third kappa shape index (κ3) is 5.24. The normalized spacial score (nSPS) is 17.7. The van der Waals surface area contributed by atoms with Crippen molar-refractivity contribution < 1.29 is 13.9 Å². The molecule has 8 nitrogen and oxygen atoms in total. The molecule has 0 bridgehead atoms. The average molecular weight is 535 g/mol. The Kier molecular flexibility index (Phi) is 7.64. The van der Waals surface area contributed by atoms with Crippen molar-refractivity contribution in [3.05, 3.63) is 78.0 Å². The second kappa shape index (κ2) is 11.1. The number of ether oxygens (including phenoxy) is 1. The first kappa shape index (κ1) is 26.1. The van der Waals surface area contributed by atoms with Crippen LogP contribution in [0.15, 0.2) is 60.9 Å². The van der Waals surface area contributed by atoms with Gasteiger partial charge in [0.25, 0.3) is 0 Å². The molecule has 2 amide bonds. The quantitative estimate of drug-likeness (QED) is 0.331. The van der Waals surface area contributed by atoms with Crippen molar-refractivity contribution in [2.45, 2.75) is 18.9 Å². The van der Waals surface area contributed by atoms with E-state index in [1.54, 1.807) is 24.1 Å². The summed E-state index contributed by atoms with van der Waals surface area (Å²) < 4.78 is 22.5. The number of fused-ring (bicyclic) bond motifs is 1. The summed E-state index contributed by atoms with van der Waals surface area (Å²) in [6.45, 7) is 4.43. The molecule has 0 aliphatic carbocycles. The third-order valence-electron chi connectivity index (χ3n) is 7.08. The molecule has 2 atom stereocenters. The number of carbonyl (C=O) groups excluding carboxylic acids is 1. The van der Waals surface area contributed by atoms with E-state index in [1.165, 1.54) is 16.4 Å². The maximum Gasteiger partial charge on any atom is 0.332 e. The summed E-state index contributed by atoms with van der Waals surface area (Å²) in [7, 11) is 3.53. The Bertz CT molecular complexity index is 1460. The summed E-state index contributed by atoms with van der Waals surface area (Å²) >= 11 is 4.66. The number of aromatic nitrogens is 3. The lowest BCUT2D eigenvalue weighted by Gasteiger charge is -2.28. The molecule has 5 rings (SSSR count). The first-order valence-electron chi connectivity index (χ1n) is 12.5. The number of urea groups is 1. The number of halogens is 1. The fourth-order valence-electron chi connectivity index (χ4n) is 5.20. The largest absolute Gasteiger partial charge is 0.383 e. The molecule has 4 aromatic rings. The zero-order chi connectivity index (χ0) is 26.8.